The summed E-state index contributed by atoms with van der Waals surface area (Å²) in [5.74, 6) is 0. The van der Waals surface area contributed by atoms with Crippen LogP contribution in [-0.4, -0.2) is 0 Å². The first-order chi connectivity index (χ1) is 23.1. The molecule has 0 N–H and O–H groups in total. The molecule has 0 spiro atoms. The lowest BCUT2D eigenvalue weighted by molar-refractivity contribution is 0.663. The van der Waals surface area contributed by atoms with Crippen LogP contribution in [-0.2, 0) is 5.41 Å². The summed E-state index contributed by atoms with van der Waals surface area (Å²) in [5.41, 5.74) is 10.4. The van der Waals surface area contributed by atoms with Crippen LogP contribution in [0.4, 0.5) is 0 Å². The van der Waals surface area contributed by atoms with Crippen molar-refractivity contribution in [2.75, 3.05) is 0 Å². The highest BCUT2D eigenvalue weighted by molar-refractivity contribution is 6.23. The van der Waals surface area contributed by atoms with Crippen molar-refractivity contribution in [3.63, 3.8) is 0 Å². The van der Waals surface area contributed by atoms with E-state index in [1.54, 1.807) is 0 Å². The molecule has 0 nitrogen and oxygen atoms in total. The van der Waals surface area contributed by atoms with Crippen LogP contribution >= 0.6 is 0 Å². The minimum Gasteiger partial charge on any atom is -0.0622 e. The highest BCUT2D eigenvalue weighted by Crippen LogP contribution is 2.52. The van der Waals surface area contributed by atoms with Gasteiger partial charge >= 0.3 is 0 Å². The zero-order chi connectivity index (χ0) is 31.3. The summed E-state index contributed by atoms with van der Waals surface area (Å²) in [6, 6.07) is 58.8. The normalized spacial score (nSPS) is 13.5. The molecule has 10 rings (SSSR count). The number of rotatable bonds is 3. The third-order valence-corrected chi connectivity index (χ3v) is 10.7. The lowest BCUT2D eigenvalue weighted by atomic mass is 9.79. The Balaban J connectivity index is 1.23. The fraction of sp³-hybridized carbons (Fsp3) is 0.0638. The van der Waals surface area contributed by atoms with Crippen LogP contribution in [0.2, 0.25) is 0 Å². The smallest absolute Gasteiger partial charge is 0.0159 e. The van der Waals surface area contributed by atoms with E-state index < -0.39 is 0 Å². The molecule has 0 atom stereocenters. The molecule has 0 saturated carbocycles. The van der Waals surface area contributed by atoms with E-state index in [1.807, 2.05) is 0 Å². The molecule has 0 aromatic heterocycles. The predicted octanol–water partition coefficient (Wildman–Crippen LogP) is 13.1. The summed E-state index contributed by atoms with van der Waals surface area (Å²) in [4.78, 5) is 0. The summed E-state index contributed by atoms with van der Waals surface area (Å²) in [5, 5.41) is 13.2. The molecular weight excluding hydrogens is 565 g/mol. The molecule has 9 aromatic carbocycles. The first kappa shape index (κ1) is 26.5. The van der Waals surface area contributed by atoms with Gasteiger partial charge in [-0.3, -0.25) is 0 Å². The van der Waals surface area contributed by atoms with E-state index in [9.17, 15) is 0 Å². The average molecular weight is 597 g/mol. The maximum absolute atomic E-state index is 2.51. The molecule has 0 heterocycles. The monoisotopic (exact) mass is 596 g/mol. The van der Waals surface area contributed by atoms with Crippen molar-refractivity contribution >= 4 is 53.9 Å². The van der Waals surface area contributed by atoms with Gasteiger partial charge in [0.1, 0.15) is 0 Å². The maximum atomic E-state index is 2.51. The lowest BCUT2D eigenvalue weighted by Crippen LogP contribution is -2.15. The molecule has 1 aliphatic rings. The van der Waals surface area contributed by atoms with Crippen LogP contribution in [0.1, 0.15) is 25.0 Å². The molecule has 0 aliphatic heterocycles. The summed E-state index contributed by atoms with van der Waals surface area (Å²) < 4.78 is 0. The molecule has 0 bridgehead atoms. The van der Waals surface area contributed by atoms with Gasteiger partial charge in [0.2, 0.25) is 0 Å². The Bertz CT molecular complexity index is 2690. The molecule has 0 unspecified atom stereocenters. The molecule has 1 aliphatic carbocycles. The van der Waals surface area contributed by atoms with E-state index in [0.717, 1.165) is 0 Å². The van der Waals surface area contributed by atoms with Crippen molar-refractivity contribution in [3.8, 4) is 33.4 Å². The third kappa shape index (κ3) is 3.76. The maximum Gasteiger partial charge on any atom is 0.0159 e. The first-order valence-corrected chi connectivity index (χ1v) is 16.6. The Morgan fingerprint density at radius 3 is 1.38 bits per heavy atom. The van der Waals surface area contributed by atoms with Gasteiger partial charge in [-0.1, -0.05) is 141 Å². The SMILES string of the molecule is CC1(C)c2cc(-c3ccc4ccccc4c3)cc3ccc4cc(-c5c6ccccc6c(-c6ccccc6)c6ccccc56)cc1c4c23. The Kier molecular flexibility index (Phi) is 5.44. The largest absolute Gasteiger partial charge is 0.0622 e. The van der Waals surface area contributed by atoms with Crippen LogP contribution in [0.25, 0.3) is 87.2 Å². The number of hydrogen-bond donors (Lipinski definition) is 0. The van der Waals surface area contributed by atoms with Gasteiger partial charge in [0.05, 0.1) is 0 Å². The van der Waals surface area contributed by atoms with Crippen LogP contribution < -0.4 is 0 Å². The van der Waals surface area contributed by atoms with Crippen LogP contribution in [0.3, 0.4) is 0 Å². The van der Waals surface area contributed by atoms with Gasteiger partial charge in [-0.25, -0.2) is 0 Å². The van der Waals surface area contributed by atoms with E-state index in [0.29, 0.717) is 0 Å². The molecule has 0 fully saturated rings. The van der Waals surface area contributed by atoms with Gasteiger partial charge in [-0.15, -0.1) is 0 Å². The number of hydrogen-bond acceptors (Lipinski definition) is 0. The highest BCUT2D eigenvalue weighted by Gasteiger charge is 2.35. The van der Waals surface area contributed by atoms with E-state index in [-0.39, 0.29) is 5.41 Å². The molecule has 220 valence electrons. The van der Waals surface area contributed by atoms with Gasteiger partial charge in [0.25, 0.3) is 0 Å². The fourth-order valence-corrected chi connectivity index (χ4v) is 8.50. The Morgan fingerprint density at radius 2 is 0.766 bits per heavy atom. The molecule has 0 radical (unpaired) electrons. The quantitative estimate of drug-likeness (QED) is 0.141. The second kappa shape index (κ2) is 9.64. The molecular formula is C47H32. The van der Waals surface area contributed by atoms with Gasteiger partial charge in [0, 0.05) is 5.41 Å². The first-order valence-electron chi connectivity index (χ1n) is 16.6. The van der Waals surface area contributed by atoms with Gasteiger partial charge < -0.3 is 0 Å². The second-order valence-electron chi connectivity index (χ2n) is 13.7. The summed E-state index contributed by atoms with van der Waals surface area (Å²) >= 11 is 0. The fourth-order valence-electron chi connectivity index (χ4n) is 8.50. The van der Waals surface area contributed by atoms with E-state index >= 15 is 0 Å². The standard InChI is InChI=1S/C47H32/c1-47(2)41-27-35(32-21-20-29-12-6-7-15-31(29)24-32)25-33-22-23-34-26-36(28-42(47)46(34)45(33)41)44-39-18-10-8-16-37(39)43(30-13-4-3-5-14-30)38-17-9-11-19-40(38)44/h3-28H,1-2H3. The highest BCUT2D eigenvalue weighted by atomic mass is 14.4. The number of fused-ring (bicyclic) bond motifs is 3. The Morgan fingerprint density at radius 1 is 0.319 bits per heavy atom. The van der Waals surface area contributed by atoms with Crippen molar-refractivity contribution in [2.24, 2.45) is 0 Å². The molecule has 47 heavy (non-hydrogen) atoms. The Hall–Kier alpha value is -5.72. The van der Waals surface area contributed by atoms with Crippen molar-refractivity contribution in [1.29, 1.82) is 0 Å². The van der Waals surface area contributed by atoms with Crippen molar-refractivity contribution in [2.45, 2.75) is 19.3 Å². The van der Waals surface area contributed by atoms with Gasteiger partial charge in [-0.2, -0.15) is 0 Å². The van der Waals surface area contributed by atoms with E-state index in [1.165, 1.54) is 98.4 Å². The summed E-state index contributed by atoms with van der Waals surface area (Å²) in [7, 11) is 0. The average Bonchev–Trinajstić information content (AvgIpc) is 3.35. The zero-order valence-electron chi connectivity index (χ0n) is 26.5. The summed E-state index contributed by atoms with van der Waals surface area (Å²) in [6.07, 6.45) is 0. The molecule has 0 amide bonds. The third-order valence-electron chi connectivity index (χ3n) is 10.7. The van der Waals surface area contributed by atoms with Crippen molar-refractivity contribution in [1.82, 2.24) is 0 Å². The zero-order valence-corrected chi connectivity index (χ0v) is 26.5. The van der Waals surface area contributed by atoms with Gasteiger partial charge in [-0.05, 0) is 129 Å². The minimum absolute atomic E-state index is 0.140. The summed E-state index contributed by atoms with van der Waals surface area (Å²) in [6.45, 7) is 4.83. The number of benzene rings is 9. The minimum atomic E-state index is -0.140. The molecule has 0 saturated heterocycles. The van der Waals surface area contributed by atoms with E-state index in [2.05, 4.69) is 172 Å². The second-order valence-corrected chi connectivity index (χ2v) is 13.7. The van der Waals surface area contributed by atoms with Gasteiger partial charge in [0.15, 0.2) is 0 Å². The van der Waals surface area contributed by atoms with E-state index in [4.69, 9.17) is 0 Å². The van der Waals surface area contributed by atoms with Crippen LogP contribution in [0, 0.1) is 0 Å². The Labute approximate surface area is 274 Å². The lowest BCUT2D eigenvalue weighted by Gasteiger charge is -2.24. The predicted molar refractivity (Wildman–Crippen MR) is 202 cm³/mol. The molecule has 9 aromatic rings. The van der Waals surface area contributed by atoms with Crippen molar-refractivity contribution < 1.29 is 0 Å². The molecule has 0 heteroatoms. The van der Waals surface area contributed by atoms with Crippen LogP contribution in [0.5, 0.6) is 0 Å². The van der Waals surface area contributed by atoms with Crippen molar-refractivity contribution in [3.05, 3.63) is 169 Å². The van der Waals surface area contributed by atoms with Crippen LogP contribution in [0.15, 0.2) is 158 Å². The topological polar surface area (TPSA) is 0 Å².